The van der Waals surface area contributed by atoms with Crippen LogP contribution in [-0.4, -0.2) is 28.4 Å². The molecule has 23 heavy (non-hydrogen) atoms. The fourth-order valence-corrected chi connectivity index (χ4v) is 3.17. The molecule has 0 radical (unpaired) electrons. The number of hydrogen-bond donors (Lipinski definition) is 2. The van der Waals surface area contributed by atoms with Gasteiger partial charge in [0.25, 0.3) is 0 Å². The molecular formula is C16H20N4O2S. The fourth-order valence-electron chi connectivity index (χ4n) is 2.41. The van der Waals surface area contributed by atoms with E-state index in [9.17, 15) is 4.79 Å². The molecule has 1 amide bonds. The normalized spacial score (nSPS) is 19.7. The van der Waals surface area contributed by atoms with Crippen LogP contribution in [0, 0.1) is 0 Å². The Hall–Kier alpha value is -2.15. The van der Waals surface area contributed by atoms with Crippen LogP contribution in [0.3, 0.4) is 0 Å². The SMILES string of the molecule is CCc1nnc(NC2CC(NC(=O)OCc3ccccc3)C2)s1. The lowest BCUT2D eigenvalue weighted by atomic mass is 9.87. The van der Waals surface area contributed by atoms with Crippen LogP contribution in [0.5, 0.6) is 0 Å². The van der Waals surface area contributed by atoms with Crippen molar-refractivity contribution < 1.29 is 9.53 Å². The number of alkyl carbamates (subject to hydrolysis) is 1. The molecule has 0 spiro atoms. The Bertz CT molecular complexity index is 641. The van der Waals surface area contributed by atoms with Crippen LogP contribution in [0.2, 0.25) is 0 Å². The first-order chi connectivity index (χ1) is 11.2. The van der Waals surface area contributed by atoms with Crippen molar-refractivity contribution >= 4 is 22.6 Å². The minimum Gasteiger partial charge on any atom is -0.445 e. The summed E-state index contributed by atoms with van der Waals surface area (Å²) in [5.41, 5.74) is 0.985. The standard InChI is InChI=1S/C16H20N4O2S/c1-2-14-19-20-15(23-14)17-12-8-13(9-12)18-16(21)22-10-11-6-4-3-5-7-11/h3-7,12-13H,2,8-10H2,1H3,(H,17,20)(H,18,21). The van der Waals surface area contributed by atoms with Gasteiger partial charge in [-0.3, -0.25) is 0 Å². The van der Waals surface area contributed by atoms with Crippen molar-refractivity contribution in [2.45, 2.75) is 44.9 Å². The minimum absolute atomic E-state index is 0.161. The largest absolute Gasteiger partial charge is 0.445 e. The van der Waals surface area contributed by atoms with Gasteiger partial charge in [0, 0.05) is 12.1 Å². The monoisotopic (exact) mass is 332 g/mol. The number of aryl methyl sites for hydroxylation is 1. The van der Waals surface area contributed by atoms with Crippen molar-refractivity contribution in [3.8, 4) is 0 Å². The number of nitrogens with one attached hydrogen (secondary N) is 2. The fraction of sp³-hybridized carbons (Fsp3) is 0.438. The van der Waals surface area contributed by atoms with Crippen molar-refractivity contribution in [3.63, 3.8) is 0 Å². The summed E-state index contributed by atoms with van der Waals surface area (Å²) in [4.78, 5) is 11.8. The molecule has 1 heterocycles. The summed E-state index contributed by atoms with van der Waals surface area (Å²) in [5, 5.41) is 16.3. The summed E-state index contributed by atoms with van der Waals surface area (Å²) in [6.45, 7) is 2.36. The molecular weight excluding hydrogens is 312 g/mol. The maximum Gasteiger partial charge on any atom is 0.407 e. The molecule has 1 aromatic heterocycles. The molecule has 0 saturated heterocycles. The molecule has 0 bridgehead atoms. The van der Waals surface area contributed by atoms with Crippen molar-refractivity contribution in [2.24, 2.45) is 0 Å². The molecule has 1 fully saturated rings. The third-order valence-electron chi connectivity index (χ3n) is 3.77. The Morgan fingerprint density at radius 1 is 1.26 bits per heavy atom. The zero-order valence-corrected chi connectivity index (χ0v) is 13.8. The number of carbonyl (C=O) groups excluding carboxylic acids is 1. The van der Waals surface area contributed by atoms with Gasteiger partial charge in [-0.15, -0.1) is 10.2 Å². The van der Waals surface area contributed by atoms with E-state index in [-0.39, 0.29) is 12.1 Å². The van der Waals surface area contributed by atoms with Gasteiger partial charge in [-0.05, 0) is 24.8 Å². The van der Waals surface area contributed by atoms with Gasteiger partial charge >= 0.3 is 6.09 Å². The van der Waals surface area contributed by atoms with Crippen molar-refractivity contribution in [1.29, 1.82) is 0 Å². The third-order valence-corrected chi connectivity index (χ3v) is 4.77. The summed E-state index contributed by atoms with van der Waals surface area (Å²) in [5.74, 6) is 0. The maximum atomic E-state index is 11.8. The van der Waals surface area contributed by atoms with Crippen molar-refractivity contribution in [3.05, 3.63) is 40.9 Å². The highest BCUT2D eigenvalue weighted by Gasteiger charge is 2.31. The summed E-state index contributed by atoms with van der Waals surface area (Å²) in [7, 11) is 0. The average Bonchev–Trinajstić information content (AvgIpc) is 2.99. The Labute approximate surface area is 139 Å². The van der Waals surface area contributed by atoms with Crippen molar-refractivity contribution in [1.82, 2.24) is 15.5 Å². The second-order valence-corrected chi connectivity index (χ2v) is 6.63. The van der Waals surface area contributed by atoms with Crippen LogP contribution in [0.25, 0.3) is 0 Å². The van der Waals surface area contributed by atoms with Gasteiger partial charge in [-0.2, -0.15) is 0 Å². The molecule has 1 saturated carbocycles. The van der Waals surface area contributed by atoms with E-state index in [1.165, 1.54) is 0 Å². The number of hydrogen-bond acceptors (Lipinski definition) is 6. The second kappa shape index (κ2) is 7.41. The number of anilines is 1. The lowest BCUT2D eigenvalue weighted by Gasteiger charge is -2.35. The summed E-state index contributed by atoms with van der Waals surface area (Å²) < 4.78 is 5.22. The van der Waals surface area contributed by atoms with Gasteiger partial charge in [-0.25, -0.2) is 4.79 Å². The highest BCUT2D eigenvalue weighted by atomic mass is 32.1. The quantitative estimate of drug-likeness (QED) is 0.850. The molecule has 0 aliphatic heterocycles. The predicted octanol–water partition coefficient (Wildman–Crippen LogP) is 2.97. The van der Waals surface area contributed by atoms with Crippen LogP contribution in [0.1, 0.15) is 30.3 Å². The number of nitrogens with zero attached hydrogens (tertiary/aromatic N) is 2. The van der Waals surface area contributed by atoms with Gasteiger partial charge in [0.2, 0.25) is 5.13 Å². The molecule has 7 heteroatoms. The highest BCUT2D eigenvalue weighted by molar-refractivity contribution is 7.15. The Morgan fingerprint density at radius 2 is 2.04 bits per heavy atom. The van der Waals surface area contributed by atoms with Gasteiger partial charge in [0.1, 0.15) is 11.6 Å². The summed E-state index contributed by atoms with van der Waals surface area (Å²) >= 11 is 1.59. The van der Waals surface area contributed by atoms with E-state index in [2.05, 4.69) is 27.8 Å². The molecule has 3 rings (SSSR count). The molecule has 1 aromatic carbocycles. The number of carbonyl (C=O) groups is 1. The molecule has 2 N–H and O–H groups in total. The van der Waals surface area contributed by atoms with E-state index in [0.29, 0.717) is 12.6 Å². The zero-order chi connectivity index (χ0) is 16.1. The van der Waals surface area contributed by atoms with Gasteiger partial charge < -0.3 is 15.4 Å². The third kappa shape index (κ3) is 4.41. The van der Waals surface area contributed by atoms with Gasteiger partial charge in [0.05, 0.1) is 0 Å². The first kappa shape index (κ1) is 15.7. The Balaban J connectivity index is 1.34. The Kier molecular flexibility index (Phi) is 5.07. The van der Waals surface area contributed by atoms with Crippen LogP contribution in [-0.2, 0) is 17.8 Å². The first-order valence-corrected chi connectivity index (χ1v) is 8.60. The lowest BCUT2D eigenvalue weighted by molar-refractivity contribution is 0.129. The minimum atomic E-state index is -0.360. The lowest BCUT2D eigenvalue weighted by Crippen LogP contribution is -2.49. The molecule has 0 atom stereocenters. The van der Waals surface area contributed by atoms with E-state index in [0.717, 1.165) is 35.0 Å². The smallest absolute Gasteiger partial charge is 0.407 e. The molecule has 2 aromatic rings. The van der Waals surface area contributed by atoms with Crippen LogP contribution in [0.4, 0.5) is 9.93 Å². The molecule has 122 valence electrons. The van der Waals surface area contributed by atoms with E-state index in [1.807, 2.05) is 30.3 Å². The molecule has 1 aliphatic carbocycles. The summed E-state index contributed by atoms with van der Waals surface area (Å²) in [6, 6.07) is 10.2. The summed E-state index contributed by atoms with van der Waals surface area (Å²) in [6.07, 6.45) is 2.30. The average molecular weight is 332 g/mol. The topological polar surface area (TPSA) is 76.1 Å². The maximum absolute atomic E-state index is 11.8. The predicted molar refractivity (Wildman–Crippen MR) is 89.5 cm³/mol. The number of amides is 1. The molecule has 1 aliphatic rings. The first-order valence-electron chi connectivity index (χ1n) is 7.79. The molecule has 0 unspecified atom stereocenters. The Morgan fingerprint density at radius 3 is 2.74 bits per heavy atom. The second-order valence-electron chi connectivity index (χ2n) is 5.57. The van der Waals surface area contributed by atoms with Gasteiger partial charge in [-0.1, -0.05) is 48.6 Å². The van der Waals surface area contributed by atoms with E-state index in [1.54, 1.807) is 11.3 Å². The molecule has 6 nitrogen and oxygen atoms in total. The number of ether oxygens (including phenoxy) is 1. The van der Waals surface area contributed by atoms with Crippen molar-refractivity contribution in [2.75, 3.05) is 5.32 Å². The number of benzene rings is 1. The number of rotatable bonds is 6. The number of aromatic nitrogens is 2. The van der Waals surface area contributed by atoms with Gasteiger partial charge in [0.15, 0.2) is 0 Å². The van der Waals surface area contributed by atoms with E-state index in [4.69, 9.17) is 4.74 Å². The highest BCUT2D eigenvalue weighted by Crippen LogP contribution is 2.26. The van der Waals surface area contributed by atoms with E-state index >= 15 is 0 Å². The van der Waals surface area contributed by atoms with E-state index < -0.39 is 0 Å². The van der Waals surface area contributed by atoms with Crippen LogP contribution in [0.15, 0.2) is 30.3 Å². The zero-order valence-electron chi connectivity index (χ0n) is 13.0. The van der Waals surface area contributed by atoms with Crippen LogP contribution < -0.4 is 10.6 Å². The van der Waals surface area contributed by atoms with Crippen LogP contribution >= 0.6 is 11.3 Å².